The number of nitrogens with one attached hydrogen (secondary N) is 1. The van der Waals surface area contributed by atoms with Crippen molar-refractivity contribution in [2.45, 2.75) is 45.6 Å². The largest absolute Gasteiger partial charge is 0.494 e. The first-order valence-electron chi connectivity index (χ1n) is 11.4. The fourth-order valence-corrected chi connectivity index (χ4v) is 5.42. The second-order valence-electron chi connectivity index (χ2n) is 8.47. The molecule has 0 bridgehead atoms. The molecule has 3 rings (SSSR count). The van der Waals surface area contributed by atoms with E-state index in [2.05, 4.69) is 17.4 Å². The third-order valence-electron chi connectivity index (χ3n) is 5.85. The van der Waals surface area contributed by atoms with E-state index in [0.29, 0.717) is 23.1 Å². The summed E-state index contributed by atoms with van der Waals surface area (Å²) in [5, 5.41) is 3.38. The summed E-state index contributed by atoms with van der Waals surface area (Å²) in [5.41, 5.74) is 4.73. The standard InChI is InChI=1S/C27H31ClN2O4S/c1-6-34-24-11-9-23(10-12-24)30(35(32,33)25-13-7-22(28)8-14-25)17-27(31)29-21(5)26-16-19(3)18(2)15-20(26)4/h7-16,21H,6,17H2,1-5H3,(H,29,31)/t21-/m0/s1. The van der Waals surface area contributed by atoms with Crippen LogP contribution in [-0.2, 0) is 14.8 Å². The van der Waals surface area contributed by atoms with Crippen molar-refractivity contribution >= 4 is 33.2 Å². The van der Waals surface area contributed by atoms with Crippen molar-refractivity contribution in [2.75, 3.05) is 17.5 Å². The molecule has 186 valence electrons. The summed E-state index contributed by atoms with van der Waals surface area (Å²) in [6.45, 7) is 9.95. The van der Waals surface area contributed by atoms with Crippen molar-refractivity contribution in [2.24, 2.45) is 0 Å². The van der Waals surface area contributed by atoms with E-state index < -0.39 is 15.9 Å². The van der Waals surface area contributed by atoms with Crippen molar-refractivity contribution < 1.29 is 17.9 Å². The first kappa shape index (κ1) is 26.6. The van der Waals surface area contributed by atoms with Gasteiger partial charge in [0, 0.05) is 5.02 Å². The van der Waals surface area contributed by atoms with E-state index in [-0.39, 0.29) is 17.5 Å². The van der Waals surface area contributed by atoms with Crippen LogP contribution in [-0.4, -0.2) is 27.5 Å². The summed E-state index contributed by atoms with van der Waals surface area (Å²) in [7, 11) is -4.04. The first-order valence-corrected chi connectivity index (χ1v) is 13.2. The van der Waals surface area contributed by atoms with Crippen LogP contribution in [0.25, 0.3) is 0 Å². The third-order valence-corrected chi connectivity index (χ3v) is 7.89. The van der Waals surface area contributed by atoms with Crippen LogP contribution >= 0.6 is 11.6 Å². The van der Waals surface area contributed by atoms with Crippen molar-refractivity contribution in [3.63, 3.8) is 0 Å². The van der Waals surface area contributed by atoms with Crippen molar-refractivity contribution in [1.82, 2.24) is 5.32 Å². The lowest BCUT2D eigenvalue weighted by Crippen LogP contribution is -2.41. The molecule has 0 saturated carbocycles. The van der Waals surface area contributed by atoms with Gasteiger partial charge in [0.2, 0.25) is 5.91 Å². The van der Waals surface area contributed by atoms with Gasteiger partial charge in [0.25, 0.3) is 10.0 Å². The highest BCUT2D eigenvalue weighted by atomic mass is 35.5. The van der Waals surface area contributed by atoms with Crippen LogP contribution in [0.15, 0.2) is 65.6 Å². The first-order chi connectivity index (χ1) is 16.5. The number of rotatable bonds is 9. The Balaban J connectivity index is 1.91. The van der Waals surface area contributed by atoms with Gasteiger partial charge in [-0.25, -0.2) is 8.42 Å². The number of hydrogen-bond acceptors (Lipinski definition) is 4. The van der Waals surface area contributed by atoms with Gasteiger partial charge in [-0.05, 0) is 105 Å². The van der Waals surface area contributed by atoms with Crippen LogP contribution in [0, 0.1) is 20.8 Å². The van der Waals surface area contributed by atoms with Crippen LogP contribution in [0.2, 0.25) is 5.02 Å². The van der Waals surface area contributed by atoms with E-state index in [1.54, 1.807) is 24.3 Å². The Morgan fingerprint density at radius 1 is 0.971 bits per heavy atom. The molecular weight excluding hydrogens is 484 g/mol. The number of sulfonamides is 1. The monoisotopic (exact) mass is 514 g/mol. The minimum Gasteiger partial charge on any atom is -0.494 e. The van der Waals surface area contributed by atoms with Gasteiger partial charge in [-0.3, -0.25) is 9.10 Å². The quantitative estimate of drug-likeness (QED) is 0.395. The number of carbonyl (C=O) groups excluding carboxylic acids is 1. The molecule has 1 N–H and O–H groups in total. The number of anilines is 1. The number of hydrogen-bond donors (Lipinski definition) is 1. The summed E-state index contributed by atoms with van der Waals surface area (Å²) in [4.78, 5) is 13.2. The molecule has 1 amide bonds. The number of halogens is 1. The highest BCUT2D eigenvalue weighted by molar-refractivity contribution is 7.92. The molecule has 6 nitrogen and oxygen atoms in total. The van der Waals surface area contributed by atoms with Gasteiger partial charge in [0.1, 0.15) is 12.3 Å². The molecular formula is C27H31ClN2O4S. The third kappa shape index (κ3) is 6.35. The van der Waals surface area contributed by atoms with E-state index in [0.717, 1.165) is 21.0 Å². The van der Waals surface area contributed by atoms with E-state index in [9.17, 15) is 13.2 Å². The molecule has 8 heteroatoms. The van der Waals surface area contributed by atoms with Gasteiger partial charge >= 0.3 is 0 Å². The molecule has 0 aliphatic heterocycles. The molecule has 3 aromatic rings. The Morgan fingerprint density at radius 3 is 2.17 bits per heavy atom. The second kappa shape index (κ2) is 11.1. The zero-order valence-electron chi connectivity index (χ0n) is 20.6. The van der Waals surface area contributed by atoms with Gasteiger partial charge in [0.15, 0.2) is 0 Å². The van der Waals surface area contributed by atoms with Gasteiger partial charge in [-0.15, -0.1) is 0 Å². The lowest BCUT2D eigenvalue weighted by Gasteiger charge is -2.26. The van der Waals surface area contributed by atoms with Crippen molar-refractivity contribution in [3.8, 4) is 5.75 Å². The van der Waals surface area contributed by atoms with Crippen molar-refractivity contribution in [1.29, 1.82) is 0 Å². The Bertz CT molecular complexity index is 1290. The van der Waals surface area contributed by atoms with E-state index in [1.807, 2.05) is 34.6 Å². The summed E-state index contributed by atoms with van der Waals surface area (Å²) < 4.78 is 33.7. The average Bonchev–Trinajstić information content (AvgIpc) is 2.81. The fraction of sp³-hybridized carbons (Fsp3) is 0.296. The molecule has 0 fully saturated rings. The van der Waals surface area contributed by atoms with Crippen LogP contribution < -0.4 is 14.4 Å². The molecule has 0 radical (unpaired) electrons. The Hall–Kier alpha value is -3.03. The van der Waals surface area contributed by atoms with Crippen LogP contribution in [0.4, 0.5) is 5.69 Å². The SMILES string of the molecule is CCOc1ccc(N(CC(=O)N[C@@H](C)c2cc(C)c(C)cc2C)S(=O)(=O)c2ccc(Cl)cc2)cc1. The van der Waals surface area contributed by atoms with Gasteiger partial charge in [-0.1, -0.05) is 23.7 Å². The van der Waals surface area contributed by atoms with E-state index in [1.165, 1.54) is 29.8 Å². The molecule has 1 atom stereocenters. The lowest BCUT2D eigenvalue weighted by molar-refractivity contribution is -0.120. The maximum absolute atomic E-state index is 13.6. The molecule has 35 heavy (non-hydrogen) atoms. The minimum atomic E-state index is -4.04. The molecule has 0 aromatic heterocycles. The smallest absolute Gasteiger partial charge is 0.264 e. The Morgan fingerprint density at radius 2 is 1.57 bits per heavy atom. The molecule has 0 unspecified atom stereocenters. The average molecular weight is 515 g/mol. The van der Waals surface area contributed by atoms with E-state index in [4.69, 9.17) is 16.3 Å². The predicted octanol–water partition coefficient (Wildman–Crippen LogP) is 5.74. The molecule has 0 aliphatic carbocycles. The summed E-state index contributed by atoms with van der Waals surface area (Å²) in [5.74, 6) is 0.199. The maximum atomic E-state index is 13.6. The Labute approximate surface area is 212 Å². The topological polar surface area (TPSA) is 75.7 Å². The summed E-state index contributed by atoms with van der Waals surface area (Å²) >= 11 is 5.95. The second-order valence-corrected chi connectivity index (χ2v) is 10.8. The normalized spacial score (nSPS) is 12.2. The van der Waals surface area contributed by atoms with Crippen molar-refractivity contribution in [3.05, 3.63) is 87.9 Å². The maximum Gasteiger partial charge on any atom is 0.264 e. The molecule has 0 saturated heterocycles. The number of nitrogens with zero attached hydrogens (tertiary/aromatic N) is 1. The van der Waals surface area contributed by atoms with Gasteiger partial charge < -0.3 is 10.1 Å². The number of amides is 1. The van der Waals surface area contributed by atoms with Crippen LogP contribution in [0.3, 0.4) is 0 Å². The predicted molar refractivity (Wildman–Crippen MR) is 141 cm³/mol. The van der Waals surface area contributed by atoms with Crippen LogP contribution in [0.5, 0.6) is 5.75 Å². The summed E-state index contributed by atoms with van der Waals surface area (Å²) in [6.07, 6.45) is 0. The number of carbonyl (C=O) groups is 1. The van der Waals surface area contributed by atoms with Gasteiger partial charge in [-0.2, -0.15) is 0 Å². The zero-order valence-corrected chi connectivity index (χ0v) is 22.2. The minimum absolute atomic E-state index is 0.0432. The summed E-state index contributed by atoms with van der Waals surface area (Å²) in [6, 6.07) is 16.4. The van der Waals surface area contributed by atoms with E-state index >= 15 is 0 Å². The number of benzene rings is 3. The highest BCUT2D eigenvalue weighted by Gasteiger charge is 2.28. The number of aryl methyl sites for hydroxylation is 3. The highest BCUT2D eigenvalue weighted by Crippen LogP contribution is 2.27. The molecule has 0 spiro atoms. The molecule has 0 aliphatic rings. The van der Waals surface area contributed by atoms with Gasteiger partial charge in [0.05, 0.1) is 23.2 Å². The molecule has 3 aromatic carbocycles. The Kier molecular flexibility index (Phi) is 8.46. The lowest BCUT2D eigenvalue weighted by atomic mass is 9.96. The zero-order chi connectivity index (χ0) is 25.8. The molecule has 0 heterocycles. The number of ether oxygens (including phenoxy) is 1. The van der Waals surface area contributed by atoms with Crippen LogP contribution in [0.1, 0.15) is 42.1 Å². The fourth-order valence-electron chi connectivity index (χ4n) is 3.87.